The van der Waals surface area contributed by atoms with Gasteiger partial charge in [-0.2, -0.15) is 0 Å². The normalized spacial score (nSPS) is 23.5. The molecule has 0 saturated carbocycles. The summed E-state index contributed by atoms with van der Waals surface area (Å²) in [6, 6.07) is 0. The van der Waals surface area contributed by atoms with Gasteiger partial charge in [-0.15, -0.1) is 0 Å². The molecule has 128 valence electrons. The number of nitrogens with zero attached hydrogens (tertiary/aromatic N) is 4. The molecule has 4 heteroatoms. The molecule has 0 radical (unpaired) electrons. The zero-order valence-electron chi connectivity index (χ0n) is 14.8. The summed E-state index contributed by atoms with van der Waals surface area (Å²) in [6.45, 7) is 16.7. The molecule has 0 atom stereocenters. The van der Waals surface area contributed by atoms with Gasteiger partial charge in [-0.3, -0.25) is 19.6 Å². The molecule has 2 fully saturated rings. The maximum atomic E-state index is 2.59. The lowest BCUT2D eigenvalue weighted by Gasteiger charge is -2.35. The van der Waals surface area contributed by atoms with E-state index in [1.165, 1.54) is 65.0 Å². The van der Waals surface area contributed by atoms with Gasteiger partial charge < -0.3 is 0 Å². The minimum absolute atomic E-state index is 1.12. The third-order valence-corrected chi connectivity index (χ3v) is 4.67. The molecule has 2 heterocycles. The highest BCUT2D eigenvalue weighted by atomic mass is 15.3. The molecule has 0 aromatic heterocycles. The van der Waals surface area contributed by atoms with Crippen LogP contribution in [-0.2, 0) is 0 Å². The van der Waals surface area contributed by atoms with E-state index in [0.29, 0.717) is 0 Å². The van der Waals surface area contributed by atoms with Crippen molar-refractivity contribution in [3.8, 4) is 0 Å². The lowest BCUT2D eigenvalue weighted by molar-refractivity contribution is 0.0930. The molecule has 0 aliphatic carbocycles. The standard InChI is InChI=1S/C18H36N4/c1-3-9-19-13-7-15-21(17-19)11-5-6-12-22-16-8-14-20(18-22)10-4-2/h5-6H,3-4,7-18H2,1-2H3/b6-5+. The fourth-order valence-electron chi connectivity index (χ4n) is 3.63. The molecule has 0 amide bonds. The Morgan fingerprint density at radius 1 is 0.636 bits per heavy atom. The summed E-state index contributed by atoms with van der Waals surface area (Å²) in [6.07, 6.45) is 9.96. The third kappa shape index (κ3) is 6.37. The summed E-state index contributed by atoms with van der Waals surface area (Å²) in [7, 11) is 0. The fourth-order valence-corrected chi connectivity index (χ4v) is 3.63. The van der Waals surface area contributed by atoms with Gasteiger partial charge in [-0.1, -0.05) is 26.0 Å². The summed E-state index contributed by atoms with van der Waals surface area (Å²) in [5.74, 6) is 0. The molecule has 2 rings (SSSR count). The highest BCUT2D eigenvalue weighted by Crippen LogP contribution is 2.08. The van der Waals surface area contributed by atoms with Crippen LogP contribution in [0.25, 0.3) is 0 Å². The Balaban J connectivity index is 1.63. The molecule has 22 heavy (non-hydrogen) atoms. The largest absolute Gasteiger partial charge is 0.290 e. The smallest absolute Gasteiger partial charge is 0.0509 e. The van der Waals surface area contributed by atoms with E-state index in [2.05, 4.69) is 45.6 Å². The highest BCUT2D eigenvalue weighted by molar-refractivity contribution is 4.89. The number of hydrogen-bond acceptors (Lipinski definition) is 4. The van der Waals surface area contributed by atoms with Gasteiger partial charge in [0.15, 0.2) is 0 Å². The van der Waals surface area contributed by atoms with Crippen molar-refractivity contribution in [3.63, 3.8) is 0 Å². The van der Waals surface area contributed by atoms with Crippen LogP contribution in [0.2, 0.25) is 0 Å². The summed E-state index contributed by atoms with van der Waals surface area (Å²) in [5.41, 5.74) is 0. The number of hydrogen-bond donors (Lipinski definition) is 0. The van der Waals surface area contributed by atoms with Crippen LogP contribution < -0.4 is 0 Å². The molecular weight excluding hydrogens is 272 g/mol. The van der Waals surface area contributed by atoms with Gasteiger partial charge in [-0.05, 0) is 38.8 Å². The van der Waals surface area contributed by atoms with Gasteiger partial charge in [0.05, 0.1) is 13.3 Å². The fraction of sp³-hybridized carbons (Fsp3) is 0.889. The van der Waals surface area contributed by atoms with E-state index in [4.69, 9.17) is 0 Å². The Kier molecular flexibility index (Phi) is 8.45. The third-order valence-electron chi connectivity index (χ3n) is 4.67. The van der Waals surface area contributed by atoms with Crippen LogP contribution in [0.4, 0.5) is 0 Å². The van der Waals surface area contributed by atoms with Crippen molar-refractivity contribution in [2.75, 3.05) is 65.7 Å². The molecule has 2 aliphatic heterocycles. The minimum atomic E-state index is 1.12. The van der Waals surface area contributed by atoms with Crippen molar-refractivity contribution in [2.24, 2.45) is 0 Å². The maximum absolute atomic E-state index is 2.59. The monoisotopic (exact) mass is 308 g/mol. The van der Waals surface area contributed by atoms with E-state index in [-0.39, 0.29) is 0 Å². The molecule has 4 nitrogen and oxygen atoms in total. The molecule has 0 bridgehead atoms. The maximum Gasteiger partial charge on any atom is 0.0509 e. The molecule has 0 N–H and O–H groups in total. The van der Waals surface area contributed by atoms with Crippen LogP contribution in [0.5, 0.6) is 0 Å². The molecule has 2 saturated heterocycles. The van der Waals surface area contributed by atoms with Gasteiger partial charge in [0.1, 0.15) is 0 Å². The highest BCUT2D eigenvalue weighted by Gasteiger charge is 2.16. The predicted molar refractivity (Wildman–Crippen MR) is 95.0 cm³/mol. The van der Waals surface area contributed by atoms with E-state index in [0.717, 1.165) is 26.4 Å². The van der Waals surface area contributed by atoms with Crippen LogP contribution >= 0.6 is 0 Å². The minimum Gasteiger partial charge on any atom is -0.290 e. The van der Waals surface area contributed by atoms with Crippen LogP contribution in [0.3, 0.4) is 0 Å². The lowest BCUT2D eigenvalue weighted by Crippen LogP contribution is -2.45. The van der Waals surface area contributed by atoms with Crippen molar-refractivity contribution < 1.29 is 0 Å². The van der Waals surface area contributed by atoms with Crippen LogP contribution in [0, 0.1) is 0 Å². The predicted octanol–water partition coefficient (Wildman–Crippen LogP) is 2.29. The number of rotatable bonds is 8. The molecule has 2 aliphatic rings. The second-order valence-electron chi connectivity index (χ2n) is 6.85. The van der Waals surface area contributed by atoms with Crippen LogP contribution in [0.1, 0.15) is 39.5 Å². The first-order valence-corrected chi connectivity index (χ1v) is 9.36. The first-order chi connectivity index (χ1) is 10.8. The van der Waals surface area contributed by atoms with Gasteiger partial charge in [0.25, 0.3) is 0 Å². The van der Waals surface area contributed by atoms with Crippen molar-refractivity contribution >= 4 is 0 Å². The first kappa shape index (κ1) is 17.9. The summed E-state index contributed by atoms with van der Waals surface area (Å²) in [4.78, 5) is 10.3. The molecule has 0 aromatic rings. The Morgan fingerprint density at radius 2 is 1.05 bits per heavy atom. The van der Waals surface area contributed by atoms with Crippen LogP contribution in [0.15, 0.2) is 12.2 Å². The van der Waals surface area contributed by atoms with Crippen molar-refractivity contribution in [1.82, 2.24) is 19.6 Å². The molecule has 0 aromatic carbocycles. The Morgan fingerprint density at radius 3 is 1.45 bits per heavy atom. The second kappa shape index (κ2) is 10.4. The van der Waals surface area contributed by atoms with Gasteiger partial charge in [0, 0.05) is 39.3 Å². The zero-order valence-corrected chi connectivity index (χ0v) is 14.8. The van der Waals surface area contributed by atoms with Gasteiger partial charge in [-0.25, -0.2) is 0 Å². The van der Waals surface area contributed by atoms with E-state index < -0.39 is 0 Å². The van der Waals surface area contributed by atoms with Crippen molar-refractivity contribution in [1.29, 1.82) is 0 Å². The van der Waals surface area contributed by atoms with Crippen molar-refractivity contribution in [3.05, 3.63) is 12.2 Å². The lowest BCUT2D eigenvalue weighted by atomic mass is 10.2. The second-order valence-corrected chi connectivity index (χ2v) is 6.85. The van der Waals surface area contributed by atoms with E-state index in [1.807, 2.05) is 0 Å². The quantitative estimate of drug-likeness (QED) is 0.638. The Labute approximate surface area is 137 Å². The summed E-state index contributed by atoms with van der Waals surface area (Å²) in [5, 5.41) is 0. The summed E-state index contributed by atoms with van der Waals surface area (Å²) >= 11 is 0. The molecule has 0 spiro atoms. The Hall–Kier alpha value is -0.420. The first-order valence-electron chi connectivity index (χ1n) is 9.36. The van der Waals surface area contributed by atoms with Gasteiger partial charge in [0.2, 0.25) is 0 Å². The summed E-state index contributed by atoms with van der Waals surface area (Å²) < 4.78 is 0. The average molecular weight is 309 g/mol. The van der Waals surface area contributed by atoms with E-state index in [9.17, 15) is 0 Å². The van der Waals surface area contributed by atoms with Gasteiger partial charge >= 0.3 is 0 Å². The Bertz CT molecular complexity index is 284. The molecule has 0 unspecified atom stereocenters. The SMILES string of the molecule is CCCN1CCCN(C/C=C/CN2CCCN(CCC)C2)C1. The van der Waals surface area contributed by atoms with E-state index >= 15 is 0 Å². The van der Waals surface area contributed by atoms with Crippen LogP contribution in [-0.4, -0.2) is 85.3 Å². The van der Waals surface area contributed by atoms with E-state index in [1.54, 1.807) is 0 Å². The topological polar surface area (TPSA) is 13.0 Å². The van der Waals surface area contributed by atoms with Crippen molar-refractivity contribution in [2.45, 2.75) is 39.5 Å². The zero-order chi connectivity index (χ0) is 15.6. The average Bonchev–Trinajstić information content (AvgIpc) is 2.53. The molecular formula is C18H36N4.